The van der Waals surface area contributed by atoms with E-state index in [9.17, 15) is 0 Å². The van der Waals surface area contributed by atoms with Gasteiger partial charge in [0, 0.05) is 26.1 Å². The topological polar surface area (TPSA) is 41.7 Å². The van der Waals surface area contributed by atoms with Gasteiger partial charge in [-0.3, -0.25) is 4.90 Å². The summed E-state index contributed by atoms with van der Waals surface area (Å²) in [6.07, 6.45) is 1.89. The SMILES string of the molecule is CN1CCCN(CCOc2ccc(CC(N)=S)cc2)CC1. The van der Waals surface area contributed by atoms with Crippen molar-refractivity contribution in [3.05, 3.63) is 29.8 Å². The predicted octanol–water partition coefficient (Wildman–Crippen LogP) is 1.53. The smallest absolute Gasteiger partial charge is 0.119 e. The molecule has 2 N–H and O–H groups in total. The summed E-state index contributed by atoms with van der Waals surface area (Å²) in [5.41, 5.74) is 6.67. The molecule has 1 saturated heterocycles. The first-order valence-electron chi connectivity index (χ1n) is 7.54. The number of nitrogens with zero attached hydrogens (tertiary/aromatic N) is 2. The number of hydrogen-bond acceptors (Lipinski definition) is 4. The zero-order chi connectivity index (χ0) is 15.1. The van der Waals surface area contributed by atoms with Crippen LogP contribution in [0.15, 0.2) is 24.3 Å². The molecule has 0 aliphatic carbocycles. The van der Waals surface area contributed by atoms with Crippen molar-refractivity contribution in [3.63, 3.8) is 0 Å². The van der Waals surface area contributed by atoms with Crippen LogP contribution in [0, 0.1) is 0 Å². The Hall–Kier alpha value is -1.17. The fraction of sp³-hybridized carbons (Fsp3) is 0.562. The number of rotatable bonds is 6. The summed E-state index contributed by atoms with van der Waals surface area (Å²) >= 11 is 4.91. The molecule has 21 heavy (non-hydrogen) atoms. The zero-order valence-electron chi connectivity index (χ0n) is 12.8. The van der Waals surface area contributed by atoms with E-state index in [1.54, 1.807) is 0 Å². The highest BCUT2D eigenvalue weighted by Gasteiger charge is 2.11. The van der Waals surface area contributed by atoms with Gasteiger partial charge in [-0.2, -0.15) is 0 Å². The van der Waals surface area contributed by atoms with Gasteiger partial charge in [-0.05, 0) is 44.3 Å². The Kier molecular flexibility index (Phi) is 6.42. The Morgan fingerprint density at radius 1 is 1.19 bits per heavy atom. The van der Waals surface area contributed by atoms with Crippen molar-refractivity contribution < 1.29 is 4.74 Å². The summed E-state index contributed by atoms with van der Waals surface area (Å²) in [5.74, 6) is 0.911. The Bertz CT molecular complexity index is 449. The third-order valence-electron chi connectivity index (χ3n) is 3.79. The molecule has 0 radical (unpaired) electrons. The van der Waals surface area contributed by atoms with E-state index in [1.165, 1.54) is 19.5 Å². The maximum atomic E-state index is 5.82. The number of thiocarbonyl (C=S) groups is 1. The first-order valence-corrected chi connectivity index (χ1v) is 7.95. The van der Waals surface area contributed by atoms with Crippen LogP contribution in [-0.2, 0) is 6.42 Å². The second-order valence-corrected chi connectivity index (χ2v) is 6.16. The van der Waals surface area contributed by atoms with Crippen LogP contribution in [0.25, 0.3) is 0 Å². The van der Waals surface area contributed by atoms with E-state index in [0.717, 1.165) is 37.6 Å². The van der Waals surface area contributed by atoms with E-state index in [1.807, 2.05) is 24.3 Å². The molecule has 116 valence electrons. The van der Waals surface area contributed by atoms with Crippen LogP contribution < -0.4 is 10.5 Å². The largest absolute Gasteiger partial charge is 0.492 e. The Morgan fingerprint density at radius 2 is 1.95 bits per heavy atom. The number of ether oxygens (including phenoxy) is 1. The van der Waals surface area contributed by atoms with Crippen molar-refractivity contribution in [2.75, 3.05) is 46.4 Å². The summed E-state index contributed by atoms with van der Waals surface area (Å²) in [6, 6.07) is 8.03. The molecule has 1 fully saturated rings. The molecule has 4 nitrogen and oxygen atoms in total. The molecule has 1 aliphatic heterocycles. The molecule has 0 saturated carbocycles. The summed E-state index contributed by atoms with van der Waals surface area (Å²) in [4.78, 5) is 5.39. The lowest BCUT2D eigenvalue weighted by molar-refractivity contribution is 0.212. The van der Waals surface area contributed by atoms with E-state index in [0.29, 0.717) is 11.4 Å². The number of likely N-dealkylation sites (N-methyl/N-ethyl adjacent to an activating group) is 1. The van der Waals surface area contributed by atoms with Gasteiger partial charge in [0.2, 0.25) is 0 Å². The lowest BCUT2D eigenvalue weighted by atomic mass is 10.1. The quantitative estimate of drug-likeness (QED) is 0.807. The van der Waals surface area contributed by atoms with Crippen LogP contribution in [-0.4, -0.2) is 61.2 Å². The van der Waals surface area contributed by atoms with Gasteiger partial charge in [-0.1, -0.05) is 24.4 Å². The van der Waals surface area contributed by atoms with Gasteiger partial charge < -0.3 is 15.4 Å². The minimum atomic E-state index is 0.523. The van der Waals surface area contributed by atoms with Crippen molar-refractivity contribution >= 4 is 17.2 Å². The van der Waals surface area contributed by atoms with Gasteiger partial charge in [0.25, 0.3) is 0 Å². The Labute approximate surface area is 132 Å². The first-order chi connectivity index (χ1) is 10.1. The lowest BCUT2D eigenvalue weighted by Gasteiger charge is -2.20. The second-order valence-electron chi connectivity index (χ2n) is 5.63. The van der Waals surface area contributed by atoms with Crippen LogP contribution in [0.2, 0.25) is 0 Å². The third kappa shape index (κ3) is 5.99. The van der Waals surface area contributed by atoms with Crippen LogP contribution in [0.4, 0.5) is 0 Å². The van der Waals surface area contributed by atoms with Gasteiger partial charge in [0.15, 0.2) is 0 Å². The minimum absolute atomic E-state index is 0.523. The van der Waals surface area contributed by atoms with E-state index < -0.39 is 0 Å². The summed E-state index contributed by atoms with van der Waals surface area (Å²) < 4.78 is 5.82. The summed E-state index contributed by atoms with van der Waals surface area (Å²) in [6.45, 7) is 6.36. The fourth-order valence-electron chi connectivity index (χ4n) is 2.52. The van der Waals surface area contributed by atoms with Crippen molar-refractivity contribution in [1.29, 1.82) is 0 Å². The maximum absolute atomic E-state index is 5.82. The van der Waals surface area contributed by atoms with Crippen LogP contribution in [0.5, 0.6) is 5.75 Å². The molecule has 0 spiro atoms. The average Bonchev–Trinajstić information content (AvgIpc) is 2.65. The van der Waals surface area contributed by atoms with E-state index >= 15 is 0 Å². The highest BCUT2D eigenvalue weighted by Crippen LogP contribution is 2.13. The van der Waals surface area contributed by atoms with Crippen molar-refractivity contribution in [3.8, 4) is 5.75 Å². The van der Waals surface area contributed by atoms with Crippen molar-refractivity contribution in [2.24, 2.45) is 5.73 Å². The van der Waals surface area contributed by atoms with Crippen LogP contribution in [0.3, 0.4) is 0 Å². The molecule has 0 atom stereocenters. The van der Waals surface area contributed by atoms with Crippen LogP contribution >= 0.6 is 12.2 Å². The number of hydrogen-bond donors (Lipinski definition) is 1. The maximum Gasteiger partial charge on any atom is 0.119 e. The number of benzene rings is 1. The predicted molar refractivity (Wildman–Crippen MR) is 91.0 cm³/mol. The molecule has 1 aromatic rings. The molecule has 0 bridgehead atoms. The van der Waals surface area contributed by atoms with Crippen LogP contribution in [0.1, 0.15) is 12.0 Å². The van der Waals surface area contributed by atoms with Gasteiger partial charge in [-0.25, -0.2) is 0 Å². The van der Waals surface area contributed by atoms with E-state index in [4.69, 9.17) is 22.7 Å². The average molecular weight is 307 g/mol. The Morgan fingerprint density at radius 3 is 2.67 bits per heavy atom. The van der Waals surface area contributed by atoms with Gasteiger partial charge in [-0.15, -0.1) is 0 Å². The highest BCUT2D eigenvalue weighted by molar-refractivity contribution is 7.80. The molecular formula is C16H25N3OS. The molecular weight excluding hydrogens is 282 g/mol. The normalized spacial score (nSPS) is 17.4. The molecule has 2 rings (SSSR count). The number of nitrogens with two attached hydrogens (primary N) is 1. The molecule has 5 heteroatoms. The lowest BCUT2D eigenvalue weighted by Crippen LogP contribution is -2.32. The van der Waals surface area contributed by atoms with Crippen molar-refractivity contribution in [1.82, 2.24) is 9.80 Å². The van der Waals surface area contributed by atoms with E-state index in [2.05, 4.69) is 16.8 Å². The van der Waals surface area contributed by atoms with Gasteiger partial charge in [0.1, 0.15) is 12.4 Å². The fourth-order valence-corrected chi connectivity index (χ4v) is 2.69. The van der Waals surface area contributed by atoms with Gasteiger partial charge >= 0.3 is 0 Å². The summed E-state index contributed by atoms with van der Waals surface area (Å²) in [5, 5.41) is 0. The molecule has 0 amide bonds. The molecule has 0 unspecified atom stereocenters. The molecule has 0 aromatic heterocycles. The second kappa shape index (κ2) is 8.32. The first kappa shape index (κ1) is 16.2. The Balaban J connectivity index is 1.71. The standard InChI is InChI=1S/C16H25N3OS/c1-18-7-2-8-19(10-9-18)11-12-20-15-5-3-14(4-6-15)13-16(17)21/h3-6H,2,7-13H2,1H3,(H2,17,21). The van der Waals surface area contributed by atoms with Crippen molar-refractivity contribution in [2.45, 2.75) is 12.8 Å². The minimum Gasteiger partial charge on any atom is -0.492 e. The summed E-state index contributed by atoms with van der Waals surface area (Å²) in [7, 11) is 2.19. The highest BCUT2D eigenvalue weighted by atomic mass is 32.1. The van der Waals surface area contributed by atoms with E-state index in [-0.39, 0.29) is 0 Å². The van der Waals surface area contributed by atoms with Gasteiger partial charge in [0.05, 0.1) is 4.99 Å². The monoisotopic (exact) mass is 307 g/mol. The molecule has 1 aliphatic rings. The zero-order valence-corrected chi connectivity index (χ0v) is 13.6. The molecule has 1 aromatic carbocycles. The third-order valence-corrected chi connectivity index (χ3v) is 3.93. The molecule has 1 heterocycles.